The van der Waals surface area contributed by atoms with Gasteiger partial charge in [0.1, 0.15) is 38.4 Å². The lowest BCUT2D eigenvalue weighted by atomic mass is 9.96. The summed E-state index contributed by atoms with van der Waals surface area (Å²) in [5.41, 5.74) is 0.741. The van der Waals surface area contributed by atoms with Gasteiger partial charge in [0.05, 0.1) is 27.4 Å². The Hall–Kier alpha value is -2.97. The minimum Gasteiger partial charge on any atom is -0.493 e. The number of carboxylic acid groups (broad SMARTS) is 1. The van der Waals surface area contributed by atoms with Crippen LogP contribution >= 0.6 is 11.6 Å². The first-order chi connectivity index (χ1) is 19.1. The highest BCUT2D eigenvalue weighted by atomic mass is 35.5. The quantitative estimate of drug-likeness (QED) is 0.231. The number of aliphatic carboxylic acids is 1. The third-order valence-corrected chi connectivity index (χ3v) is 7.60. The van der Waals surface area contributed by atoms with Crippen LogP contribution < -0.4 is 14.2 Å². The van der Waals surface area contributed by atoms with Gasteiger partial charge in [-0.25, -0.2) is 4.79 Å². The van der Waals surface area contributed by atoms with Crippen molar-refractivity contribution in [2.45, 2.75) is 30.6 Å². The normalized spacial score (nSPS) is 26.1. The van der Waals surface area contributed by atoms with Gasteiger partial charge in [-0.15, -0.1) is 0 Å². The van der Waals surface area contributed by atoms with Crippen LogP contribution in [0.2, 0.25) is 5.02 Å². The number of ether oxygens (including phenoxy) is 5. The predicted octanol–water partition coefficient (Wildman–Crippen LogP) is 0.706. The van der Waals surface area contributed by atoms with Crippen LogP contribution in [0.4, 0.5) is 0 Å². The number of aliphatic hydroxyl groups is 3. The van der Waals surface area contributed by atoms with Crippen LogP contribution in [0.25, 0.3) is 0 Å². The van der Waals surface area contributed by atoms with Crippen LogP contribution in [-0.2, 0) is 14.3 Å². The number of quaternary nitrogens is 1. The molecule has 12 nitrogen and oxygen atoms in total. The summed E-state index contributed by atoms with van der Waals surface area (Å²) in [4.78, 5) is 24.7. The topological polar surface area (TPSA) is 161 Å². The van der Waals surface area contributed by atoms with E-state index in [1.165, 1.54) is 26.4 Å². The number of ketones is 1. The fourth-order valence-electron chi connectivity index (χ4n) is 5.08. The third kappa shape index (κ3) is 6.03. The van der Waals surface area contributed by atoms with Crippen molar-refractivity contribution < 1.29 is 58.2 Å². The minimum atomic E-state index is -1.79. The van der Waals surface area contributed by atoms with Crippen molar-refractivity contribution in [2.75, 3.05) is 53.7 Å². The molecule has 2 aromatic rings. The number of rotatable bonds is 10. The summed E-state index contributed by atoms with van der Waals surface area (Å²) in [6, 6.07) is 9.55. The Bertz CT molecular complexity index is 1180. The molecule has 2 aromatic carbocycles. The Balaban J connectivity index is 1.56. The molecule has 5 atom stereocenters. The molecule has 4 N–H and O–H groups in total. The van der Waals surface area contributed by atoms with E-state index in [1.54, 1.807) is 24.3 Å². The van der Waals surface area contributed by atoms with Crippen molar-refractivity contribution in [1.29, 1.82) is 0 Å². The van der Waals surface area contributed by atoms with Crippen LogP contribution in [0.1, 0.15) is 15.9 Å². The van der Waals surface area contributed by atoms with Gasteiger partial charge in [-0.1, -0.05) is 11.6 Å². The molecule has 0 aliphatic carbocycles. The average molecular weight is 583 g/mol. The highest BCUT2D eigenvalue weighted by Gasteiger charge is 2.55. The number of halogens is 1. The van der Waals surface area contributed by atoms with Crippen LogP contribution in [-0.4, -0.2) is 121 Å². The van der Waals surface area contributed by atoms with Gasteiger partial charge >= 0.3 is 5.97 Å². The maximum absolute atomic E-state index is 13.1. The average Bonchev–Trinajstić information content (AvgIpc) is 2.96. The number of nitrogens with zero attached hydrogens (tertiary/aromatic N) is 1. The lowest BCUT2D eigenvalue weighted by Gasteiger charge is -2.51. The molecule has 5 unspecified atom stereocenters. The van der Waals surface area contributed by atoms with Gasteiger partial charge < -0.3 is 44.1 Å². The molecular formula is C27H33ClNO11+. The first kappa shape index (κ1) is 30.0. The van der Waals surface area contributed by atoms with E-state index in [4.69, 9.17) is 35.3 Å². The molecule has 4 rings (SSSR count). The molecule has 0 radical (unpaired) electrons. The van der Waals surface area contributed by atoms with Gasteiger partial charge in [-0.2, -0.15) is 0 Å². The molecule has 0 spiro atoms. The maximum Gasteiger partial charge on any atom is 0.335 e. The van der Waals surface area contributed by atoms with Gasteiger partial charge in [0.25, 0.3) is 0 Å². The lowest BCUT2D eigenvalue weighted by molar-refractivity contribution is -0.983. The van der Waals surface area contributed by atoms with Gasteiger partial charge in [0.2, 0.25) is 12.0 Å². The van der Waals surface area contributed by atoms with Crippen molar-refractivity contribution in [3.63, 3.8) is 0 Å². The number of carbonyl (C=O) groups is 2. The molecule has 0 aromatic heterocycles. The Morgan fingerprint density at radius 3 is 2.10 bits per heavy atom. The van der Waals surface area contributed by atoms with Crippen LogP contribution in [0.3, 0.4) is 0 Å². The standard InChI is InChI=1S/C27H32ClNO11/c1-36-18-13-16(20(30)15-3-5-17(28)6-4-15)14-19(37-2)24(18)39-12-9-29(7-10-38-11-8-29)26-23(33)21(31)22(32)25(40-26)27(34)35/h3-6,13-14,21-23,25-26,31-33H,7-12H2,1-2H3/p+1. The highest BCUT2D eigenvalue weighted by Crippen LogP contribution is 2.39. The van der Waals surface area contributed by atoms with E-state index in [0.717, 1.165) is 0 Å². The third-order valence-electron chi connectivity index (χ3n) is 7.35. The molecule has 2 saturated heterocycles. The zero-order chi connectivity index (χ0) is 29.0. The van der Waals surface area contributed by atoms with E-state index in [2.05, 4.69) is 0 Å². The van der Waals surface area contributed by atoms with Crippen molar-refractivity contribution in [2.24, 2.45) is 0 Å². The molecule has 13 heteroatoms. The molecule has 2 aliphatic heterocycles. The molecule has 2 fully saturated rings. The van der Waals surface area contributed by atoms with E-state index in [-0.39, 0.29) is 40.7 Å². The van der Waals surface area contributed by atoms with Gasteiger partial charge in [-0.3, -0.25) is 9.28 Å². The minimum absolute atomic E-state index is 0.0203. The second kappa shape index (κ2) is 12.7. The summed E-state index contributed by atoms with van der Waals surface area (Å²) in [5.74, 6) is -0.969. The first-order valence-electron chi connectivity index (χ1n) is 12.7. The van der Waals surface area contributed by atoms with Gasteiger partial charge in [-0.05, 0) is 36.4 Å². The fourth-order valence-corrected chi connectivity index (χ4v) is 5.21. The van der Waals surface area contributed by atoms with Crippen LogP contribution in [0, 0.1) is 0 Å². The number of carbonyl (C=O) groups excluding carboxylic acids is 1. The summed E-state index contributed by atoms with van der Waals surface area (Å²) < 4.78 is 28.3. The Morgan fingerprint density at radius 2 is 1.55 bits per heavy atom. The molecular weight excluding hydrogens is 550 g/mol. The zero-order valence-corrected chi connectivity index (χ0v) is 22.8. The number of carboxylic acids is 1. The second-order valence-electron chi connectivity index (χ2n) is 9.65. The number of aliphatic hydroxyl groups excluding tert-OH is 3. The number of benzene rings is 2. The Kier molecular flexibility index (Phi) is 9.52. The zero-order valence-electron chi connectivity index (χ0n) is 22.1. The number of morpholine rings is 1. The van der Waals surface area contributed by atoms with E-state index >= 15 is 0 Å². The molecule has 218 valence electrons. The first-order valence-corrected chi connectivity index (χ1v) is 13.0. The maximum atomic E-state index is 13.1. The number of hydrogen-bond donors (Lipinski definition) is 4. The van der Waals surface area contributed by atoms with E-state index in [0.29, 0.717) is 42.5 Å². The Morgan fingerprint density at radius 1 is 0.950 bits per heavy atom. The predicted molar refractivity (Wildman–Crippen MR) is 140 cm³/mol. The molecule has 0 bridgehead atoms. The van der Waals surface area contributed by atoms with Gasteiger partial charge in [0, 0.05) is 16.1 Å². The van der Waals surface area contributed by atoms with Crippen LogP contribution in [0.15, 0.2) is 36.4 Å². The highest BCUT2D eigenvalue weighted by molar-refractivity contribution is 6.30. The van der Waals surface area contributed by atoms with Crippen molar-refractivity contribution in [3.8, 4) is 17.2 Å². The number of methoxy groups -OCH3 is 2. The molecule has 40 heavy (non-hydrogen) atoms. The SMILES string of the molecule is COc1cc(C(=O)c2ccc(Cl)cc2)cc(OC)c1OCC[N+]1(C2OC(C(=O)O)C(O)C(O)C2O)CCOCC1. The summed E-state index contributed by atoms with van der Waals surface area (Å²) >= 11 is 5.94. The molecule has 0 saturated carbocycles. The van der Waals surface area contributed by atoms with E-state index < -0.39 is 36.6 Å². The molecule has 2 aliphatic rings. The van der Waals surface area contributed by atoms with E-state index in [1.807, 2.05) is 0 Å². The Labute approximate surface area is 235 Å². The largest absolute Gasteiger partial charge is 0.493 e. The summed E-state index contributed by atoms with van der Waals surface area (Å²) in [5, 5.41) is 41.3. The van der Waals surface area contributed by atoms with Crippen molar-refractivity contribution >= 4 is 23.4 Å². The van der Waals surface area contributed by atoms with E-state index in [9.17, 15) is 30.0 Å². The lowest BCUT2D eigenvalue weighted by Crippen LogP contribution is -2.73. The van der Waals surface area contributed by atoms with Crippen molar-refractivity contribution in [3.05, 3.63) is 52.5 Å². The number of hydrogen-bond acceptors (Lipinski definition) is 10. The second-order valence-corrected chi connectivity index (χ2v) is 10.1. The van der Waals surface area contributed by atoms with Crippen molar-refractivity contribution in [1.82, 2.24) is 0 Å². The fraction of sp³-hybridized carbons (Fsp3) is 0.481. The van der Waals surface area contributed by atoms with Crippen LogP contribution in [0.5, 0.6) is 17.2 Å². The monoisotopic (exact) mass is 582 g/mol. The summed E-state index contributed by atoms with van der Waals surface area (Å²) in [6.07, 6.45) is -7.93. The molecule has 2 heterocycles. The van der Waals surface area contributed by atoms with Gasteiger partial charge in [0.15, 0.2) is 29.5 Å². The molecule has 0 amide bonds. The smallest absolute Gasteiger partial charge is 0.335 e. The summed E-state index contributed by atoms with van der Waals surface area (Å²) in [7, 11) is 2.86. The summed E-state index contributed by atoms with van der Waals surface area (Å²) in [6.45, 7) is 1.54.